The van der Waals surface area contributed by atoms with Crippen LogP contribution in [-0.2, 0) is 6.42 Å². The quantitative estimate of drug-likeness (QED) is 0.772. The molecule has 0 fully saturated rings. The minimum atomic E-state index is 0.172. The Kier molecular flexibility index (Phi) is 4.82. The summed E-state index contributed by atoms with van der Waals surface area (Å²) in [5.41, 5.74) is 8.54. The third-order valence-corrected chi connectivity index (χ3v) is 3.99. The molecule has 1 aromatic heterocycles. The summed E-state index contributed by atoms with van der Waals surface area (Å²) in [4.78, 5) is 8.83. The first-order chi connectivity index (χ1) is 12.1. The molecular formula is C19H15ClN4O. The Morgan fingerprint density at radius 3 is 2.36 bits per heavy atom. The monoisotopic (exact) mass is 350 g/mol. The van der Waals surface area contributed by atoms with Crippen molar-refractivity contribution >= 4 is 17.4 Å². The number of hydrogen-bond acceptors (Lipinski definition) is 5. The molecule has 0 aliphatic carbocycles. The number of ether oxygens (including phenoxy) is 1. The number of benzene rings is 2. The number of nitrogens with zero attached hydrogens (tertiary/aromatic N) is 3. The van der Waals surface area contributed by atoms with Crippen LogP contribution in [0.1, 0.15) is 17.0 Å². The third kappa shape index (κ3) is 3.70. The summed E-state index contributed by atoms with van der Waals surface area (Å²) in [6.07, 6.45) is 0.500. The van der Waals surface area contributed by atoms with Gasteiger partial charge in [-0.05, 0) is 29.8 Å². The maximum absolute atomic E-state index is 9.40. The number of anilines is 1. The average Bonchev–Trinajstić information content (AvgIpc) is 2.62. The van der Waals surface area contributed by atoms with Crippen molar-refractivity contribution in [2.45, 2.75) is 6.42 Å². The lowest BCUT2D eigenvalue weighted by Gasteiger charge is -2.09. The molecule has 5 nitrogen and oxygen atoms in total. The number of nitrogen functional groups attached to an aromatic ring is 1. The van der Waals surface area contributed by atoms with Crippen LogP contribution in [0, 0.1) is 11.3 Å². The Hall–Kier alpha value is -3.10. The lowest BCUT2D eigenvalue weighted by molar-refractivity contribution is 0.414. The summed E-state index contributed by atoms with van der Waals surface area (Å²) in [5, 5.41) is 10.0. The molecule has 0 saturated heterocycles. The maximum atomic E-state index is 9.40. The highest BCUT2D eigenvalue weighted by atomic mass is 35.5. The van der Waals surface area contributed by atoms with Crippen molar-refractivity contribution in [3.8, 4) is 23.1 Å². The second kappa shape index (κ2) is 7.20. The number of hydrogen-bond donors (Lipinski definition) is 1. The summed E-state index contributed by atoms with van der Waals surface area (Å²) in [7, 11) is 1.62. The van der Waals surface area contributed by atoms with Crippen molar-refractivity contribution in [3.63, 3.8) is 0 Å². The van der Waals surface area contributed by atoms with Crippen molar-refractivity contribution in [2.75, 3.05) is 12.8 Å². The van der Waals surface area contributed by atoms with Crippen LogP contribution in [0.5, 0.6) is 5.75 Å². The Morgan fingerprint density at radius 1 is 1.08 bits per heavy atom. The van der Waals surface area contributed by atoms with Crippen molar-refractivity contribution in [1.29, 1.82) is 5.26 Å². The molecule has 0 aliphatic rings. The second-order valence-electron chi connectivity index (χ2n) is 5.39. The molecular weight excluding hydrogens is 336 g/mol. The topological polar surface area (TPSA) is 84.8 Å². The Labute approximate surface area is 150 Å². The predicted octanol–water partition coefficient (Wildman–Crippen LogP) is 3.85. The van der Waals surface area contributed by atoms with Gasteiger partial charge < -0.3 is 10.5 Å². The molecule has 3 rings (SSSR count). The Morgan fingerprint density at radius 2 is 1.76 bits per heavy atom. The minimum absolute atomic E-state index is 0.172. The highest BCUT2D eigenvalue weighted by Crippen LogP contribution is 2.26. The fraction of sp³-hybridized carbons (Fsp3) is 0.105. The van der Waals surface area contributed by atoms with Gasteiger partial charge in [-0.2, -0.15) is 5.26 Å². The van der Waals surface area contributed by atoms with Crippen molar-refractivity contribution in [2.24, 2.45) is 0 Å². The van der Waals surface area contributed by atoms with Crippen LogP contribution >= 0.6 is 11.6 Å². The summed E-state index contributed by atoms with van der Waals surface area (Å²) >= 11 is 5.93. The van der Waals surface area contributed by atoms with Crippen LogP contribution in [0.25, 0.3) is 11.3 Å². The number of halogens is 1. The molecule has 3 aromatic rings. The first-order valence-corrected chi connectivity index (χ1v) is 7.94. The van der Waals surface area contributed by atoms with E-state index in [0.29, 0.717) is 23.0 Å². The third-order valence-electron chi connectivity index (χ3n) is 3.73. The molecule has 0 spiro atoms. The number of methoxy groups -OCH3 is 1. The van der Waals surface area contributed by atoms with E-state index in [2.05, 4.69) is 16.0 Å². The maximum Gasteiger partial charge on any atom is 0.145 e. The van der Waals surface area contributed by atoms with Crippen LogP contribution in [-0.4, -0.2) is 17.1 Å². The van der Waals surface area contributed by atoms with Crippen molar-refractivity contribution < 1.29 is 4.74 Å². The molecule has 0 bridgehead atoms. The van der Waals surface area contributed by atoms with Gasteiger partial charge >= 0.3 is 0 Å². The van der Waals surface area contributed by atoms with E-state index in [0.717, 1.165) is 16.9 Å². The minimum Gasteiger partial charge on any atom is -0.497 e. The van der Waals surface area contributed by atoms with Gasteiger partial charge in [-0.1, -0.05) is 35.9 Å². The molecule has 1 heterocycles. The van der Waals surface area contributed by atoms with E-state index in [1.807, 2.05) is 36.4 Å². The van der Waals surface area contributed by atoms with Gasteiger partial charge in [0, 0.05) is 17.0 Å². The zero-order chi connectivity index (χ0) is 17.8. The molecule has 6 heteroatoms. The number of aromatic nitrogens is 2. The van der Waals surface area contributed by atoms with Gasteiger partial charge in [-0.25, -0.2) is 9.97 Å². The molecule has 0 unspecified atom stereocenters. The van der Waals surface area contributed by atoms with E-state index in [-0.39, 0.29) is 11.4 Å². The number of rotatable bonds is 4. The average molecular weight is 351 g/mol. The van der Waals surface area contributed by atoms with E-state index in [1.165, 1.54) is 0 Å². The number of nitriles is 1. The van der Waals surface area contributed by atoms with Gasteiger partial charge in [-0.3, -0.25) is 0 Å². The van der Waals surface area contributed by atoms with Crippen LogP contribution in [0.2, 0.25) is 5.02 Å². The summed E-state index contributed by atoms with van der Waals surface area (Å²) < 4.78 is 5.16. The van der Waals surface area contributed by atoms with Gasteiger partial charge in [0.2, 0.25) is 0 Å². The molecule has 2 N–H and O–H groups in total. The van der Waals surface area contributed by atoms with E-state index in [9.17, 15) is 5.26 Å². The van der Waals surface area contributed by atoms with Crippen LogP contribution in [0.15, 0.2) is 48.5 Å². The van der Waals surface area contributed by atoms with Gasteiger partial charge in [0.15, 0.2) is 0 Å². The van der Waals surface area contributed by atoms with Crippen molar-refractivity contribution in [3.05, 3.63) is 70.5 Å². The zero-order valence-corrected chi connectivity index (χ0v) is 14.3. The van der Waals surface area contributed by atoms with Gasteiger partial charge in [-0.15, -0.1) is 0 Å². The van der Waals surface area contributed by atoms with Crippen molar-refractivity contribution in [1.82, 2.24) is 9.97 Å². The molecule has 0 aliphatic heterocycles. The van der Waals surface area contributed by atoms with Crippen LogP contribution < -0.4 is 10.5 Å². The molecule has 25 heavy (non-hydrogen) atoms. The second-order valence-corrected chi connectivity index (χ2v) is 5.83. The fourth-order valence-corrected chi connectivity index (χ4v) is 2.58. The van der Waals surface area contributed by atoms with Crippen LogP contribution in [0.3, 0.4) is 0 Å². The SMILES string of the molecule is COc1ccc(Cc2nc(N)c(C#N)c(-c3ccc(Cl)cc3)n2)cc1. The van der Waals surface area contributed by atoms with Gasteiger partial charge in [0.1, 0.15) is 29.0 Å². The van der Waals surface area contributed by atoms with E-state index in [1.54, 1.807) is 19.2 Å². The lowest BCUT2D eigenvalue weighted by Crippen LogP contribution is -2.06. The summed E-state index contributed by atoms with van der Waals surface area (Å²) in [5.74, 6) is 1.50. The standard InChI is InChI=1S/C19H15ClN4O/c1-25-15-8-2-12(3-9-15)10-17-23-18(16(11-21)19(22)24-17)13-4-6-14(20)7-5-13/h2-9H,10H2,1H3,(H2,22,23,24). The first kappa shape index (κ1) is 16.7. The van der Waals surface area contributed by atoms with Crippen LogP contribution in [0.4, 0.5) is 5.82 Å². The van der Waals surface area contributed by atoms with E-state index < -0.39 is 0 Å². The summed E-state index contributed by atoms with van der Waals surface area (Å²) in [6.45, 7) is 0. The van der Waals surface area contributed by atoms with Gasteiger partial charge in [0.25, 0.3) is 0 Å². The predicted molar refractivity (Wildman–Crippen MR) is 97.4 cm³/mol. The largest absolute Gasteiger partial charge is 0.497 e. The first-order valence-electron chi connectivity index (χ1n) is 7.56. The molecule has 2 aromatic carbocycles. The zero-order valence-electron chi connectivity index (χ0n) is 13.5. The lowest BCUT2D eigenvalue weighted by atomic mass is 10.1. The summed E-state index contributed by atoms with van der Waals surface area (Å²) in [6, 6.07) is 16.8. The smallest absolute Gasteiger partial charge is 0.145 e. The molecule has 0 radical (unpaired) electrons. The molecule has 0 amide bonds. The fourth-order valence-electron chi connectivity index (χ4n) is 2.46. The van der Waals surface area contributed by atoms with E-state index in [4.69, 9.17) is 22.1 Å². The molecule has 0 saturated carbocycles. The highest BCUT2D eigenvalue weighted by molar-refractivity contribution is 6.30. The van der Waals surface area contributed by atoms with Gasteiger partial charge in [0.05, 0.1) is 12.8 Å². The Bertz CT molecular complexity index is 931. The molecule has 124 valence electrons. The highest BCUT2D eigenvalue weighted by Gasteiger charge is 2.14. The van der Waals surface area contributed by atoms with E-state index >= 15 is 0 Å². The normalized spacial score (nSPS) is 10.3. The number of nitrogens with two attached hydrogens (primary N) is 1. The Balaban J connectivity index is 2.00. The molecule has 0 atom stereocenters.